The first-order chi connectivity index (χ1) is 8.95. The van der Waals surface area contributed by atoms with Crippen LogP contribution in [0.1, 0.15) is 22.2 Å². The van der Waals surface area contributed by atoms with Gasteiger partial charge in [0.1, 0.15) is 5.82 Å². The molecule has 1 atom stereocenters. The van der Waals surface area contributed by atoms with Gasteiger partial charge < -0.3 is 11.1 Å². The Morgan fingerprint density at radius 2 is 2.05 bits per heavy atom. The van der Waals surface area contributed by atoms with Crippen LogP contribution in [0, 0.1) is 19.7 Å². The lowest BCUT2D eigenvalue weighted by molar-refractivity contribution is 0.619. The summed E-state index contributed by atoms with van der Waals surface area (Å²) in [7, 11) is 0. The quantitative estimate of drug-likeness (QED) is 0.825. The first kappa shape index (κ1) is 13.9. The Morgan fingerprint density at radius 3 is 2.68 bits per heavy atom. The molecule has 1 aromatic heterocycles. The molecule has 1 unspecified atom stereocenters. The Bertz CT molecular complexity index is 578. The van der Waals surface area contributed by atoms with Gasteiger partial charge in [-0.1, -0.05) is 0 Å². The smallest absolute Gasteiger partial charge is 0.128 e. The van der Waals surface area contributed by atoms with E-state index in [9.17, 15) is 4.39 Å². The molecule has 1 aromatic carbocycles. The molecule has 0 bridgehead atoms. The summed E-state index contributed by atoms with van der Waals surface area (Å²) < 4.78 is 13.3. The van der Waals surface area contributed by atoms with Crippen molar-refractivity contribution in [3.8, 4) is 0 Å². The third-order valence-electron chi connectivity index (χ3n) is 3.04. The van der Waals surface area contributed by atoms with Crippen molar-refractivity contribution >= 4 is 22.7 Å². The molecule has 0 amide bonds. The van der Waals surface area contributed by atoms with Gasteiger partial charge in [0.05, 0.1) is 11.4 Å². The monoisotopic (exact) mass is 278 g/mol. The maximum absolute atomic E-state index is 13.3. The first-order valence-electron chi connectivity index (χ1n) is 6.33. The van der Waals surface area contributed by atoms with Crippen LogP contribution in [0.25, 0.3) is 0 Å². The standard InChI is InChI=1S/C15H19FN2S/c1-9-6-15(14(17)8-13(9)16)18-10(2)7-12-5-4-11(3)19-12/h4-6,8,10,18H,7,17H2,1-3H3. The van der Waals surface area contributed by atoms with Gasteiger partial charge in [0, 0.05) is 22.2 Å². The number of halogens is 1. The molecule has 0 spiro atoms. The zero-order valence-electron chi connectivity index (χ0n) is 11.5. The summed E-state index contributed by atoms with van der Waals surface area (Å²) in [6, 6.07) is 7.67. The Balaban J connectivity index is 2.06. The predicted molar refractivity (Wildman–Crippen MR) is 81.4 cm³/mol. The molecule has 19 heavy (non-hydrogen) atoms. The van der Waals surface area contributed by atoms with E-state index < -0.39 is 0 Å². The fourth-order valence-corrected chi connectivity index (χ4v) is 3.05. The van der Waals surface area contributed by atoms with Crippen molar-refractivity contribution in [3.05, 3.63) is 45.4 Å². The predicted octanol–water partition coefficient (Wildman–Crippen LogP) is 4.13. The number of anilines is 2. The molecule has 2 aromatic rings. The lowest BCUT2D eigenvalue weighted by Crippen LogP contribution is -2.18. The number of nitrogen functional groups attached to an aromatic ring is 1. The molecule has 3 N–H and O–H groups in total. The Hall–Kier alpha value is -1.55. The molecule has 0 saturated carbocycles. The van der Waals surface area contributed by atoms with Crippen LogP contribution in [0.4, 0.5) is 15.8 Å². The number of rotatable bonds is 4. The van der Waals surface area contributed by atoms with E-state index >= 15 is 0 Å². The molecule has 2 nitrogen and oxygen atoms in total. The fourth-order valence-electron chi connectivity index (χ4n) is 2.03. The minimum Gasteiger partial charge on any atom is -0.397 e. The summed E-state index contributed by atoms with van der Waals surface area (Å²) in [6.07, 6.45) is 0.939. The summed E-state index contributed by atoms with van der Waals surface area (Å²) in [6.45, 7) is 5.95. The minimum absolute atomic E-state index is 0.255. The molecule has 2 rings (SSSR count). The SMILES string of the molecule is Cc1ccc(CC(C)Nc2cc(C)c(F)cc2N)s1. The van der Waals surface area contributed by atoms with Gasteiger partial charge in [-0.3, -0.25) is 0 Å². The molecule has 0 aliphatic carbocycles. The molecule has 0 fully saturated rings. The molecule has 102 valence electrons. The average Bonchev–Trinajstić information content (AvgIpc) is 2.71. The van der Waals surface area contributed by atoms with Crippen LogP contribution in [-0.4, -0.2) is 6.04 Å². The van der Waals surface area contributed by atoms with E-state index in [2.05, 4.69) is 31.3 Å². The van der Waals surface area contributed by atoms with Crippen LogP contribution in [0.15, 0.2) is 24.3 Å². The van der Waals surface area contributed by atoms with E-state index in [0.717, 1.165) is 12.1 Å². The van der Waals surface area contributed by atoms with E-state index in [1.807, 2.05) is 0 Å². The van der Waals surface area contributed by atoms with Crippen LogP contribution < -0.4 is 11.1 Å². The number of aryl methyl sites for hydroxylation is 2. The van der Waals surface area contributed by atoms with Gasteiger partial charge in [-0.2, -0.15) is 0 Å². The third-order valence-corrected chi connectivity index (χ3v) is 4.06. The highest BCUT2D eigenvalue weighted by molar-refractivity contribution is 7.11. The highest BCUT2D eigenvalue weighted by Crippen LogP contribution is 2.24. The second kappa shape index (κ2) is 5.61. The highest BCUT2D eigenvalue weighted by Gasteiger charge is 2.09. The lowest BCUT2D eigenvalue weighted by Gasteiger charge is -2.17. The summed E-state index contributed by atoms with van der Waals surface area (Å²) >= 11 is 1.81. The van der Waals surface area contributed by atoms with Gasteiger partial charge in [-0.05, 0) is 50.6 Å². The van der Waals surface area contributed by atoms with Crippen molar-refractivity contribution in [2.45, 2.75) is 33.2 Å². The van der Waals surface area contributed by atoms with Crippen molar-refractivity contribution in [2.24, 2.45) is 0 Å². The van der Waals surface area contributed by atoms with Crippen molar-refractivity contribution in [1.29, 1.82) is 0 Å². The van der Waals surface area contributed by atoms with Crippen LogP contribution in [0.3, 0.4) is 0 Å². The van der Waals surface area contributed by atoms with Crippen molar-refractivity contribution in [2.75, 3.05) is 11.1 Å². The molecule has 0 aliphatic rings. The number of thiophene rings is 1. The van der Waals surface area contributed by atoms with Gasteiger partial charge in [0.25, 0.3) is 0 Å². The maximum atomic E-state index is 13.3. The zero-order valence-corrected chi connectivity index (χ0v) is 12.3. The molecule has 1 heterocycles. The summed E-state index contributed by atoms with van der Waals surface area (Å²) in [5, 5.41) is 3.35. The minimum atomic E-state index is -0.260. The highest BCUT2D eigenvalue weighted by atomic mass is 32.1. The number of hydrogen-bond acceptors (Lipinski definition) is 3. The Kier molecular flexibility index (Phi) is 4.10. The Labute approximate surface area is 117 Å². The molecule has 0 radical (unpaired) electrons. The number of nitrogens with one attached hydrogen (secondary N) is 1. The van der Waals surface area contributed by atoms with E-state index in [1.54, 1.807) is 24.3 Å². The Morgan fingerprint density at radius 1 is 1.32 bits per heavy atom. The van der Waals surface area contributed by atoms with Crippen molar-refractivity contribution in [1.82, 2.24) is 0 Å². The summed E-state index contributed by atoms with van der Waals surface area (Å²) in [5.74, 6) is -0.260. The maximum Gasteiger partial charge on any atom is 0.128 e. The topological polar surface area (TPSA) is 38.0 Å². The fraction of sp³-hybridized carbons (Fsp3) is 0.333. The lowest BCUT2D eigenvalue weighted by atomic mass is 10.1. The second-order valence-corrected chi connectivity index (χ2v) is 6.32. The van der Waals surface area contributed by atoms with Gasteiger partial charge >= 0.3 is 0 Å². The molecular formula is C15H19FN2S. The van der Waals surface area contributed by atoms with E-state index in [-0.39, 0.29) is 11.9 Å². The first-order valence-corrected chi connectivity index (χ1v) is 7.15. The largest absolute Gasteiger partial charge is 0.397 e. The number of nitrogens with two attached hydrogens (primary N) is 1. The van der Waals surface area contributed by atoms with Crippen LogP contribution in [0.5, 0.6) is 0 Å². The molecule has 4 heteroatoms. The van der Waals surface area contributed by atoms with Crippen LogP contribution >= 0.6 is 11.3 Å². The average molecular weight is 278 g/mol. The number of benzene rings is 1. The molecular weight excluding hydrogens is 259 g/mol. The van der Waals surface area contributed by atoms with Gasteiger partial charge in [0.2, 0.25) is 0 Å². The second-order valence-electron chi connectivity index (χ2n) is 4.95. The van der Waals surface area contributed by atoms with Crippen LogP contribution in [0.2, 0.25) is 0 Å². The van der Waals surface area contributed by atoms with Gasteiger partial charge in [-0.25, -0.2) is 4.39 Å². The summed E-state index contributed by atoms with van der Waals surface area (Å²) in [5.41, 5.74) is 7.70. The molecule has 0 saturated heterocycles. The molecule has 0 aliphatic heterocycles. The van der Waals surface area contributed by atoms with Gasteiger partial charge in [-0.15, -0.1) is 11.3 Å². The van der Waals surface area contributed by atoms with E-state index in [1.165, 1.54) is 15.8 Å². The van der Waals surface area contributed by atoms with E-state index in [0.29, 0.717) is 11.3 Å². The summed E-state index contributed by atoms with van der Waals surface area (Å²) in [4.78, 5) is 2.66. The third kappa shape index (κ3) is 3.47. The van der Waals surface area contributed by atoms with E-state index in [4.69, 9.17) is 5.73 Å². The zero-order chi connectivity index (χ0) is 14.0. The van der Waals surface area contributed by atoms with Gasteiger partial charge in [0.15, 0.2) is 0 Å². The van der Waals surface area contributed by atoms with Crippen molar-refractivity contribution < 1.29 is 4.39 Å². The number of hydrogen-bond donors (Lipinski definition) is 2. The van der Waals surface area contributed by atoms with Crippen LogP contribution in [-0.2, 0) is 6.42 Å². The normalized spacial score (nSPS) is 12.4. The van der Waals surface area contributed by atoms with Crippen molar-refractivity contribution in [3.63, 3.8) is 0 Å².